The van der Waals surface area contributed by atoms with E-state index in [4.69, 9.17) is 16.0 Å². The van der Waals surface area contributed by atoms with Gasteiger partial charge in [-0.05, 0) is 53.3 Å². The molecule has 0 fully saturated rings. The lowest BCUT2D eigenvalue weighted by molar-refractivity contribution is -0.143. The Kier molecular flexibility index (Phi) is 6.90. The molecule has 0 saturated heterocycles. The van der Waals surface area contributed by atoms with E-state index < -0.39 is 18.1 Å². The second kappa shape index (κ2) is 9.78. The highest BCUT2D eigenvalue weighted by atomic mass is 16.6. The van der Waals surface area contributed by atoms with Gasteiger partial charge in [-0.2, -0.15) is 9.71 Å². The van der Waals surface area contributed by atoms with E-state index in [2.05, 4.69) is 10.1 Å². The summed E-state index contributed by atoms with van der Waals surface area (Å²) < 4.78 is 5.43. The number of carbonyl (C=O) groups excluding carboxylic acids is 1. The first-order valence-corrected chi connectivity index (χ1v) is 9.70. The number of carboxylic acids is 1. The molecule has 3 rings (SSSR count). The van der Waals surface area contributed by atoms with E-state index in [0.717, 1.165) is 22.3 Å². The maximum Gasteiger partial charge on any atom is 0.511 e. The van der Waals surface area contributed by atoms with Gasteiger partial charge in [0, 0.05) is 5.92 Å². The van der Waals surface area contributed by atoms with E-state index in [-0.39, 0.29) is 18.9 Å². The minimum atomic E-state index is -1.32. The standard InChI is InChI=1S/C21H23N5O4/c22-12-6-5-11-19(20(27)28)26(25-24-23)21(29)30-13-18-16-9-3-1-7-14(16)15-8-2-4-10-17(15)18/h1-4,7-10,18-19H,5-6,11-13,22H2,(H,27,28). The van der Waals surface area contributed by atoms with Crippen molar-refractivity contribution in [3.63, 3.8) is 0 Å². The van der Waals surface area contributed by atoms with Crippen LogP contribution in [0.2, 0.25) is 0 Å². The van der Waals surface area contributed by atoms with Crippen LogP contribution in [0.4, 0.5) is 4.79 Å². The molecule has 0 aromatic heterocycles. The van der Waals surface area contributed by atoms with Crippen molar-refractivity contribution in [1.29, 1.82) is 0 Å². The molecule has 1 aliphatic rings. The number of nitrogens with zero attached hydrogens (tertiary/aromatic N) is 4. The number of unbranched alkanes of at least 4 members (excludes halogenated alkanes) is 1. The summed E-state index contributed by atoms with van der Waals surface area (Å²) in [5.74, 6) is -1.46. The van der Waals surface area contributed by atoms with E-state index in [1.54, 1.807) is 0 Å². The third kappa shape index (κ3) is 4.37. The highest BCUT2D eigenvalue weighted by Crippen LogP contribution is 2.44. The molecule has 1 unspecified atom stereocenters. The molecular weight excluding hydrogens is 386 g/mol. The highest BCUT2D eigenvalue weighted by Gasteiger charge is 2.36. The van der Waals surface area contributed by atoms with Crippen molar-refractivity contribution >= 4 is 12.1 Å². The Morgan fingerprint density at radius 3 is 2.27 bits per heavy atom. The van der Waals surface area contributed by atoms with Gasteiger partial charge in [-0.15, -0.1) is 10.5 Å². The fraction of sp³-hybridized carbons (Fsp3) is 0.333. The molecule has 0 radical (unpaired) electrons. The molecule has 9 nitrogen and oxygen atoms in total. The predicted octanol–water partition coefficient (Wildman–Crippen LogP) is 4.05. The molecule has 2 aromatic rings. The third-order valence-corrected chi connectivity index (χ3v) is 5.17. The molecule has 2 aromatic carbocycles. The molecule has 1 amide bonds. The highest BCUT2D eigenvalue weighted by molar-refractivity contribution is 5.81. The number of fused-ring (bicyclic) bond motifs is 3. The van der Waals surface area contributed by atoms with Crippen molar-refractivity contribution in [2.45, 2.75) is 31.2 Å². The zero-order valence-corrected chi connectivity index (χ0v) is 16.3. The Bertz CT molecular complexity index is 928. The molecular formula is C21H23N5O4. The van der Waals surface area contributed by atoms with E-state index in [1.807, 2.05) is 48.5 Å². The number of ether oxygens (including phenoxy) is 1. The van der Waals surface area contributed by atoms with Crippen LogP contribution in [-0.2, 0) is 9.53 Å². The van der Waals surface area contributed by atoms with Gasteiger partial charge in [-0.1, -0.05) is 48.5 Å². The third-order valence-electron chi connectivity index (χ3n) is 5.17. The van der Waals surface area contributed by atoms with Gasteiger partial charge in [0.1, 0.15) is 6.61 Å². The van der Waals surface area contributed by atoms with Crippen molar-refractivity contribution in [3.05, 3.63) is 70.1 Å². The van der Waals surface area contributed by atoms with Gasteiger partial charge in [0.2, 0.25) is 6.04 Å². The minimum absolute atomic E-state index is 0.000548. The van der Waals surface area contributed by atoms with Crippen molar-refractivity contribution < 1.29 is 19.4 Å². The van der Waals surface area contributed by atoms with Gasteiger partial charge in [-0.3, -0.25) is 0 Å². The van der Waals surface area contributed by atoms with E-state index in [1.165, 1.54) is 0 Å². The van der Waals surface area contributed by atoms with Crippen LogP contribution in [0.15, 0.2) is 53.8 Å². The fourth-order valence-electron chi connectivity index (χ4n) is 3.76. The first-order valence-electron chi connectivity index (χ1n) is 9.70. The van der Waals surface area contributed by atoms with Crippen molar-refractivity contribution in [1.82, 2.24) is 5.01 Å². The summed E-state index contributed by atoms with van der Waals surface area (Å²) in [7, 11) is 0. The molecule has 3 N–H and O–H groups in total. The molecule has 1 aliphatic carbocycles. The van der Waals surface area contributed by atoms with Crippen molar-refractivity contribution in [2.75, 3.05) is 13.2 Å². The van der Waals surface area contributed by atoms with Crippen LogP contribution in [0.3, 0.4) is 0 Å². The molecule has 0 bridgehead atoms. The van der Waals surface area contributed by atoms with Gasteiger partial charge in [-0.25, -0.2) is 4.79 Å². The van der Waals surface area contributed by atoms with Crippen LogP contribution in [0.5, 0.6) is 0 Å². The number of carboxylic acid groups (broad SMARTS) is 1. The van der Waals surface area contributed by atoms with E-state index in [9.17, 15) is 14.7 Å². The van der Waals surface area contributed by atoms with Gasteiger partial charge >= 0.3 is 12.1 Å². The van der Waals surface area contributed by atoms with Gasteiger partial charge in [0.05, 0.1) is 0 Å². The number of amides is 1. The summed E-state index contributed by atoms with van der Waals surface area (Å²) in [6.45, 7) is 0.401. The summed E-state index contributed by atoms with van der Waals surface area (Å²) >= 11 is 0. The molecule has 156 valence electrons. The lowest BCUT2D eigenvalue weighted by atomic mass is 9.98. The van der Waals surface area contributed by atoms with Crippen LogP contribution in [0.1, 0.15) is 36.3 Å². The average molecular weight is 409 g/mol. The number of hydrogen-bond donors (Lipinski definition) is 2. The topological polar surface area (TPSA) is 142 Å². The zero-order valence-electron chi connectivity index (χ0n) is 16.3. The van der Waals surface area contributed by atoms with Crippen molar-refractivity contribution in [2.24, 2.45) is 11.0 Å². The van der Waals surface area contributed by atoms with E-state index >= 15 is 0 Å². The monoisotopic (exact) mass is 409 g/mol. The Balaban J connectivity index is 1.77. The number of benzene rings is 2. The van der Waals surface area contributed by atoms with Crippen LogP contribution >= 0.6 is 0 Å². The number of aliphatic carboxylic acids is 1. The fourth-order valence-corrected chi connectivity index (χ4v) is 3.76. The second-order valence-corrected chi connectivity index (χ2v) is 6.97. The normalized spacial score (nSPS) is 13.0. The Morgan fingerprint density at radius 2 is 1.73 bits per heavy atom. The molecule has 1 atom stereocenters. The molecule has 0 aliphatic heterocycles. The summed E-state index contributed by atoms with van der Waals surface area (Å²) in [5, 5.41) is 13.3. The van der Waals surface area contributed by atoms with Crippen LogP contribution < -0.4 is 5.73 Å². The lowest BCUT2D eigenvalue weighted by Crippen LogP contribution is -2.42. The van der Waals surface area contributed by atoms with Crippen LogP contribution in [0, 0.1) is 0 Å². The first-order chi connectivity index (χ1) is 14.6. The number of azide groups is 1. The predicted molar refractivity (Wildman–Crippen MR) is 110 cm³/mol. The summed E-state index contributed by atoms with van der Waals surface area (Å²) in [5.41, 5.74) is 18.5. The first kappa shape index (κ1) is 21.2. The lowest BCUT2D eigenvalue weighted by Gasteiger charge is -2.20. The van der Waals surface area contributed by atoms with Crippen LogP contribution in [0.25, 0.3) is 21.6 Å². The molecule has 30 heavy (non-hydrogen) atoms. The number of nitrogens with two attached hydrogens (primary N) is 1. The number of rotatable bonds is 9. The molecule has 9 heteroatoms. The number of carbonyl (C=O) groups is 2. The SMILES string of the molecule is [N-]=[N+]=NN(C(=O)OCC1c2ccccc2-c2ccccc21)C(CCCCN)C(=O)O. The molecule has 0 saturated carbocycles. The summed E-state index contributed by atoms with van der Waals surface area (Å²) in [6, 6.07) is 14.4. The summed E-state index contributed by atoms with van der Waals surface area (Å²) in [4.78, 5) is 26.9. The van der Waals surface area contributed by atoms with Gasteiger partial charge in [0.25, 0.3) is 0 Å². The minimum Gasteiger partial charge on any atom is -0.478 e. The molecule has 0 heterocycles. The van der Waals surface area contributed by atoms with Crippen LogP contribution in [-0.4, -0.2) is 41.4 Å². The van der Waals surface area contributed by atoms with E-state index in [0.29, 0.717) is 24.4 Å². The van der Waals surface area contributed by atoms with Gasteiger partial charge < -0.3 is 15.6 Å². The maximum atomic E-state index is 12.6. The molecule has 0 spiro atoms. The average Bonchev–Trinajstić information content (AvgIpc) is 3.07. The summed E-state index contributed by atoms with van der Waals surface area (Å²) in [6.07, 6.45) is 0.186. The largest absolute Gasteiger partial charge is 0.511 e. The van der Waals surface area contributed by atoms with Gasteiger partial charge in [0.15, 0.2) is 0 Å². The Labute approximate surface area is 173 Å². The quantitative estimate of drug-likeness (QED) is 0.211. The number of hydrogen-bond acceptors (Lipinski definition) is 5. The van der Waals surface area contributed by atoms with Crippen molar-refractivity contribution in [3.8, 4) is 11.1 Å². The zero-order chi connectivity index (χ0) is 21.5. The smallest absolute Gasteiger partial charge is 0.478 e. The Hall–Kier alpha value is -3.55. The maximum absolute atomic E-state index is 12.6. The second-order valence-electron chi connectivity index (χ2n) is 6.97. The Morgan fingerprint density at radius 1 is 1.13 bits per heavy atom.